The van der Waals surface area contributed by atoms with Gasteiger partial charge in [0.15, 0.2) is 0 Å². The molecule has 1 aliphatic heterocycles. The molecular formula is C8H16N2O2. The molecule has 1 heterocycles. The largest absolute Gasteiger partial charge is 0.480 e. The average Bonchev–Trinajstić information content (AvgIpc) is 1.96. The van der Waals surface area contributed by atoms with E-state index >= 15 is 0 Å². The predicted octanol–water partition coefficient (Wildman–Crippen LogP) is -0.293. The predicted molar refractivity (Wildman–Crippen MR) is 46.2 cm³/mol. The third-order valence-corrected chi connectivity index (χ3v) is 2.40. The molecule has 0 radical (unpaired) electrons. The second-order valence-electron chi connectivity index (χ2n) is 3.46. The summed E-state index contributed by atoms with van der Waals surface area (Å²) in [6, 6.07) is 0.470. The molecule has 1 rings (SSSR count). The molecule has 1 saturated heterocycles. The van der Waals surface area contributed by atoms with Gasteiger partial charge in [-0.15, -0.1) is 0 Å². The van der Waals surface area contributed by atoms with Gasteiger partial charge in [0.2, 0.25) is 0 Å². The zero-order valence-corrected chi connectivity index (χ0v) is 7.66. The lowest BCUT2D eigenvalue weighted by Crippen LogP contribution is -2.51. The van der Waals surface area contributed by atoms with Gasteiger partial charge >= 0.3 is 5.97 Å². The molecule has 1 atom stereocenters. The molecule has 0 aromatic heterocycles. The second kappa shape index (κ2) is 3.87. The van der Waals surface area contributed by atoms with Crippen LogP contribution in [-0.2, 0) is 4.79 Å². The Labute approximate surface area is 72.8 Å². The minimum Gasteiger partial charge on any atom is -0.480 e. The highest BCUT2D eigenvalue weighted by Gasteiger charge is 2.21. The van der Waals surface area contributed by atoms with Crippen molar-refractivity contribution in [2.45, 2.75) is 13.0 Å². The Kier molecular flexibility index (Phi) is 3.05. The maximum absolute atomic E-state index is 10.4. The quantitative estimate of drug-likeness (QED) is 0.621. The summed E-state index contributed by atoms with van der Waals surface area (Å²) in [5.74, 6) is -0.730. The number of hydrogen-bond donors (Lipinski definition) is 1. The third kappa shape index (κ3) is 2.46. The summed E-state index contributed by atoms with van der Waals surface area (Å²) >= 11 is 0. The molecule has 4 heteroatoms. The van der Waals surface area contributed by atoms with E-state index in [2.05, 4.69) is 18.9 Å². The van der Waals surface area contributed by atoms with E-state index in [0.29, 0.717) is 6.04 Å². The third-order valence-electron chi connectivity index (χ3n) is 2.40. The Hall–Kier alpha value is -0.610. The Balaban J connectivity index is 2.35. The van der Waals surface area contributed by atoms with Crippen molar-refractivity contribution in [3.63, 3.8) is 0 Å². The number of carboxylic acid groups (broad SMARTS) is 1. The summed E-state index contributed by atoms with van der Waals surface area (Å²) in [6.07, 6.45) is 0. The highest BCUT2D eigenvalue weighted by molar-refractivity contribution is 5.69. The van der Waals surface area contributed by atoms with E-state index in [0.717, 1.165) is 19.6 Å². The Morgan fingerprint density at radius 3 is 2.75 bits per heavy atom. The van der Waals surface area contributed by atoms with Crippen molar-refractivity contribution in [3.05, 3.63) is 0 Å². The van der Waals surface area contributed by atoms with Gasteiger partial charge < -0.3 is 10.0 Å². The van der Waals surface area contributed by atoms with Crippen molar-refractivity contribution in [1.82, 2.24) is 9.80 Å². The van der Waals surface area contributed by atoms with Gasteiger partial charge in [-0.05, 0) is 14.0 Å². The van der Waals surface area contributed by atoms with Crippen LogP contribution in [0.2, 0.25) is 0 Å². The highest BCUT2D eigenvalue weighted by atomic mass is 16.4. The molecule has 1 aliphatic rings. The molecule has 0 aromatic rings. The van der Waals surface area contributed by atoms with Crippen LogP contribution in [0.25, 0.3) is 0 Å². The maximum atomic E-state index is 10.4. The first kappa shape index (κ1) is 9.48. The first-order valence-corrected chi connectivity index (χ1v) is 4.24. The minimum atomic E-state index is -0.730. The number of likely N-dealkylation sites (N-methyl/N-ethyl adjacent to an activating group) is 1. The SMILES string of the molecule is CC1CN(CC(=O)O)CCN1C. The lowest BCUT2D eigenvalue weighted by atomic mass is 10.2. The lowest BCUT2D eigenvalue weighted by molar-refractivity contribution is -0.138. The minimum absolute atomic E-state index is 0.179. The zero-order chi connectivity index (χ0) is 9.14. The van der Waals surface area contributed by atoms with Crippen LogP contribution < -0.4 is 0 Å². The summed E-state index contributed by atoms with van der Waals surface area (Å²) in [7, 11) is 2.07. The van der Waals surface area contributed by atoms with Gasteiger partial charge in [0.25, 0.3) is 0 Å². The van der Waals surface area contributed by atoms with Crippen LogP contribution in [0.1, 0.15) is 6.92 Å². The molecule has 0 spiro atoms. The number of nitrogens with zero attached hydrogens (tertiary/aromatic N) is 2. The first-order valence-electron chi connectivity index (χ1n) is 4.24. The van der Waals surface area contributed by atoms with E-state index in [1.54, 1.807) is 0 Å². The van der Waals surface area contributed by atoms with Gasteiger partial charge in [-0.25, -0.2) is 0 Å². The number of piperazine rings is 1. The smallest absolute Gasteiger partial charge is 0.317 e. The first-order chi connectivity index (χ1) is 5.59. The van der Waals surface area contributed by atoms with Crippen molar-refractivity contribution in [1.29, 1.82) is 0 Å². The van der Waals surface area contributed by atoms with Gasteiger partial charge in [0.05, 0.1) is 6.54 Å². The average molecular weight is 172 g/mol. The Morgan fingerprint density at radius 2 is 2.25 bits per heavy atom. The summed E-state index contributed by atoms with van der Waals surface area (Å²) in [4.78, 5) is 14.6. The van der Waals surface area contributed by atoms with E-state index in [1.807, 2.05) is 4.90 Å². The van der Waals surface area contributed by atoms with Crippen LogP contribution in [-0.4, -0.2) is 60.1 Å². The molecule has 70 valence electrons. The zero-order valence-electron chi connectivity index (χ0n) is 7.66. The molecule has 0 aromatic carbocycles. The second-order valence-corrected chi connectivity index (χ2v) is 3.46. The van der Waals surface area contributed by atoms with Crippen molar-refractivity contribution in [3.8, 4) is 0 Å². The van der Waals surface area contributed by atoms with Crippen LogP contribution in [0.4, 0.5) is 0 Å². The van der Waals surface area contributed by atoms with E-state index in [1.165, 1.54) is 0 Å². The normalized spacial score (nSPS) is 27.3. The molecule has 0 bridgehead atoms. The van der Waals surface area contributed by atoms with Gasteiger partial charge in [-0.2, -0.15) is 0 Å². The van der Waals surface area contributed by atoms with Crippen LogP contribution in [0.3, 0.4) is 0 Å². The lowest BCUT2D eigenvalue weighted by Gasteiger charge is -2.36. The molecule has 0 saturated carbocycles. The van der Waals surface area contributed by atoms with Crippen molar-refractivity contribution in [2.24, 2.45) is 0 Å². The van der Waals surface area contributed by atoms with Crippen molar-refractivity contribution < 1.29 is 9.90 Å². The number of aliphatic carboxylic acids is 1. The van der Waals surface area contributed by atoms with Gasteiger partial charge in [-0.3, -0.25) is 9.69 Å². The van der Waals surface area contributed by atoms with E-state index in [9.17, 15) is 4.79 Å². The number of rotatable bonds is 2. The van der Waals surface area contributed by atoms with Crippen LogP contribution in [0.15, 0.2) is 0 Å². The molecule has 1 unspecified atom stereocenters. The molecule has 0 aliphatic carbocycles. The Bertz CT molecular complexity index is 172. The highest BCUT2D eigenvalue weighted by Crippen LogP contribution is 2.05. The fraction of sp³-hybridized carbons (Fsp3) is 0.875. The molecule has 0 amide bonds. The summed E-state index contributed by atoms with van der Waals surface area (Å²) in [5, 5.41) is 8.56. The van der Waals surface area contributed by atoms with Gasteiger partial charge in [0, 0.05) is 25.7 Å². The Morgan fingerprint density at radius 1 is 1.58 bits per heavy atom. The molecule has 1 fully saturated rings. The van der Waals surface area contributed by atoms with Crippen LogP contribution >= 0.6 is 0 Å². The van der Waals surface area contributed by atoms with E-state index < -0.39 is 5.97 Å². The molecule has 4 nitrogen and oxygen atoms in total. The monoisotopic (exact) mass is 172 g/mol. The van der Waals surface area contributed by atoms with Gasteiger partial charge in [-0.1, -0.05) is 0 Å². The molecular weight excluding hydrogens is 156 g/mol. The summed E-state index contributed by atoms with van der Waals surface area (Å²) in [5.41, 5.74) is 0. The van der Waals surface area contributed by atoms with Gasteiger partial charge in [0.1, 0.15) is 0 Å². The number of hydrogen-bond acceptors (Lipinski definition) is 3. The van der Waals surface area contributed by atoms with E-state index in [4.69, 9.17) is 5.11 Å². The van der Waals surface area contributed by atoms with Crippen molar-refractivity contribution in [2.75, 3.05) is 33.2 Å². The summed E-state index contributed by atoms with van der Waals surface area (Å²) in [6.45, 7) is 5.00. The topological polar surface area (TPSA) is 43.8 Å². The van der Waals surface area contributed by atoms with E-state index in [-0.39, 0.29) is 6.54 Å². The van der Waals surface area contributed by atoms with Crippen LogP contribution in [0, 0.1) is 0 Å². The van der Waals surface area contributed by atoms with Crippen LogP contribution in [0.5, 0.6) is 0 Å². The standard InChI is InChI=1S/C8H16N2O2/c1-7-5-10(6-8(11)12)4-3-9(7)2/h7H,3-6H2,1-2H3,(H,11,12). The number of carbonyl (C=O) groups is 1. The molecule has 12 heavy (non-hydrogen) atoms. The number of carboxylic acids is 1. The maximum Gasteiger partial charge on any atom is 0.317 e. The fourth-order valence-electron chi connectivity index (χ4n) is 1.46. The van der Waals surface area contributed by atoms with Crippen molar-refractivity contribution >= 4 is 5.97 Å². The fourth-order valence-corrected chi connectivity index (χ4v) is 1.46. The summed E-state index contributed by atoms with van der Waals surface area (Å²) < 4.78 is 0. The molecule has 1 N–H and O–H groups in total.